The van der Waals surface area contributed by atoms with Crippen molar-refractivity contribution >= 4 is 29.9 Å². The second-order valence-corrected chi connectivity index (χ2v) is 6.42. The van der Waals surface area contributed by atoms with Crippen molar-refractivity contribution in [1.82, 2.24) is 24.9 Å². The van der Waals surface area contributed by atoms with Gasteiger partial charge in [0.25, 0.3) is 0 Å². The van der Waals surface area contributed by atoms with Crippen LogP contribution >= 0.6 is 24.0 Å². The van der Waals surface area contributed by atoms with Crippen molar-refractivity contribution < 1.29 is 8.78 Å². The molecule has 0 radical (unpaired) electrons. The molecule has 0 aliphatic carbocycles. The quantitative estimate of drug-likeness (QED) is 0.383. The number of aliphatic imine (C=N–C) groups is 1. The van der Waals surface area contributed by atoms with Gasteiger partial charge < -0.3 is 15.1 Å². The molecule has 0 fully saturated rings. The minimum absolute atomic E-state index is 0. The van der Waals surface area contributed by atoms with Gasteiger partial charge in [0.2, 0.25) is 0 Å². The maximum Gasteiger partial charge on any atom is 0.193 e. The summed E-state index contributed by atoms with van der Waals surface area (Å²) in [5.41, 5.74) is 1.10. The van der Waals surface area contributed by atoms with E-state index in [2.05, 4.69) is 15.4 Å². The van der Waals surface area contributed by atoms with Crippen molar-refractivity contribution in [2.75, 3.05) is 34.7 Å². The third-order valence-electron chi connectivity index (χ3n) is 4.16. The Labute approximate surface area is 176 Å². The van der Waals surface area contributed by atoms with E-state index >= 15 is 0 Å². The molecule has 1 atom stereocenters. The van der Waals surface area contributed by atoms with Crippen LogP contribution in [0.25, 0.3) is 0 Å². The Morgan fingerprint density at radius 1 is 1.26 bits per heavy atom. The van der Waals surface area contributed by atoms with Crippen LogP contribution in [0.4, 0.5) is 8.78 Å². The van der Waals surface area contributed by atoms with Crippen LogP contribution < -0.4 is 5.32 Å². The van der Waals surface area contributed by atoms with Gasteiger partial charge >= 0.3 is 0 Å². The molecule has 0 spiro atoms. The summed E-state index contributed by atoms with van der Waals surface area (Å²) in [5, 5.41) is 7.36. The highest BCUT2D eigenvalue weighted by Gasteiger charge is 2.23. The molecule has 1 aromatic carbocycles. The van der Waals surface area contributed by atoms with Gasteiger partial charge in [0, 0.05) is 51.6 Å². The number of rotatable bonds is 6. The Bertz CT molecular complexity index is 742. The van der Waals surface area contributed by atoms with Gasteiger partial charge in [-0.3, -0.25) is 9.67 Å². The lowest BCUT2D eigenvalue weighted by Gasteiger charge is -2.28. The highest BCUT2D eigenvalue weighted by molar-refractivity contribution is 14.0. The molecule has 0 saturated heterocycles. The van der Waals surface area contributed by atoms with Crippen LogP contribution in [-0.2, 0) is 13.6 Å². The maximum atomic E-state index is 14.2. The molecule has 1 aromatic heterocycles. The predicted octanol–water partition coefficient (Wildman–Crippen LogP) is 2.63. The third-order valence-corrected chi connectivity index (χ3v) is 4.16. The van der Waals surface area contributed by atoms with Crippen molar-refractivity contribution in [2.24, 2.45) is 12.0 Å². The lowest BCUT2D eigenvalue weighted by atomic mass is 10.0. The van der Waals surface area contributed by atoms with Gasteiger partial charge in [-0.15, -0.1) is 24.0 Å². The van der Waals surface area contributed by atoms with E-state index in [1.807, 2.05) is 25.2 Å². The fourth-order valence-corrected chi connectivity index (χ4v) is 2.85. The Morgan fingerprint density at radius 2 is 1.89 bits per heavy atom. The van der Waals surface area contributed by atoms with Gasteiger partial charge in [0.15, 0.2) is 5.96 Å². The number of halogens is 3. The first-order valence-corrected chi connectivity index (χ1v) is 8.33. The SMILES string of the molecule is CN=C(NCC(c1c(F)cccc1F)N(C)C)N(C)Cc1cnn(C)c1.I. The topological polar surface area (TPSA) is 48.7 Å². The minimum atomic E-state index is -0.552. The highest BCUT2D eigenvalue weighted by Crippen LogP contribution is 2.23. The molecule has 27 heavy (non-hydrogen) atoms. The molecule has 0 saturated carbocycles. The van der Waals surface area contributed by atoms with E-state index < -0.39 is 17.7 Å². The van der Waals surface area contributed by atoms with E-state index in [-0.39, 0.29) is 29.5 Å². The maximum absolute atomic E-state index is 14.2. The summed E-state index contributed by atoms with van der Waals surface area (Å²) in [4.78, 5) is 7.97. The monoisotopic (exact) mass is 492 g/mol. The van der Waals surface area contributed by atoms with Gasteiger partial charge in [-0.1, -0.05) is 6.07 Å². The minimum Gasteiger partial charge on any atom is -0.354 e. The molecule has 2 rings (SSSR count). The number of aryl methyl sites for hydroxylation is 1. The molecule has 150 valence electrons. The molecule has 9 heteroatoms. The molecular formula is C18H27F2IN6. The number of hydrogen-bond acceptors (Lipinski definition) is 3. The molecule has 1 N–H and O–H groups in total. The lowest BCUT2D eigenvalue weighted by Crippen LogP contribution is -2.42. The summed E-state index contributed by atoms with van der Waals surface area (Å²) < 4.78 is 30.1. The second-order valence-electron chi connectivity index (χ2n) is 6.42. The fourth-order valence-electron chi connectivity index (χ4n) is 2.85. The molecule has 0 bridgehead atoms. The summed E-state index contributed by atoms with van der Waals surface area (Å²) in [6.07, 6.45) is 3.72. The molecule has 1 heterocycles. The summed E-state index contributed by atoms with van der Waals surface area (Å²) in [7, 11) is 9.02. The fraction of sp³-hybridized carbons (Fsp3) is 0.444. The number of aromatic nitrogens is 2. The molecule has 0 amide bonds. The molecule has 0 aliphatic rings. The van der Waals surface area contributed by atoms with E-state index in [4.69, 9.17) is 0 Å². The molecule has 1 unspecified atom stereocenters. The third kappa shape index (κ3) is 6.13. The first-order chi connectivity index (χ1) is 12.3. The zero-order valence-electron chi connectivity index (χ0n) is 16.3. The van der Waals surface area contributed by atoms with Crippen LogP contribution in [0, 0.1) is 11.6 Å². The van der Waals surface area contributed by atoms with Crippen molar-refractivity contribution in [3.63, 3.8) is 0 Å². The van der Waals surface area contributed by atoms with Gasteiger partial charge in [-0.2, -0.15) is 5.10 Å². The van der Waals surface area contributed by atoms with Crippen LogP contribution in [0.15, 0.2) is 35.6 Å². The molecular weight excluding hydrogens is 465 g/mol. The van der Waals surface area contributed by atoms with E-state index in [9.17, 15) is 8.78 Å². The van der Waals surface area contributed by atoms with Gasteiger partial charge in [0.1, 0.15) is 11.6 Å². The second kappa shape index (κ2) is 10.5. The van der Waals surface area contributed by atoms with Crippen molar-refractivity contribution in [3.8, 4) is 0 Å². The number of benzene rings is 1. The average molecular weight is 492 g/mol. The van der Waals surface area contributed by atoms with Gasteiger partial charge in [0.05, 0.1) is 12.2 Å². The Kier molecular flexibility index (Phi) is 9.10. The normalized spacial score (nSPS) is 12.7. The average Bonchev–Trinajstić information content (AvgIpc) is 2.97. The first-order valence-electron chi connectivity index (χ1n) is 8.33. The standard InChI is InChI=1S/C18H26F2N6.HI/c1-21-18(25(4)11-13-9-23-26(5)12-13)22-10-16(24(2)3)17-14(19)7-6-8-15(17)20;/h6-9,12,16H,10-11H2,1-5H3,(H,21,22);1H. The summed E-state index contributed by atoms with van der Waals surface area (Å²) in [6.45, 7) is 0.934. The Balaban J connectivity index is 0.00000364. The molecule has 6 nitrogen and oxygen atoms in total. The zero-order valence-corrected chi connectivity index (χ0v) is 18.6. The Morgan fingerprint density at radius 3 is 2.37 bits per heavy atom. The highest BCUT2D eigenvalue weighted by atomic mass is 127. The molecule has 2 aromatic rings. The van der Waals surface area contributed by atoms with Crippen LogP contribution in [0.1, 0.15) is 17.2 Å². The van der Waals surface area contributed by atoms with Gasteiger partial charge in [-0.25, -0.2) is 8.78 Å². The van der Waals surface area contributed by atoms with Crippen molar-refractivity contribution in [3.05, 3.63) is 53.4 Å². The van der Waals surface area contributed by atoms with E-state index in [0.29, 0.717) is 19.0 Å². The summed E-state index contributed by atoms with van der Waals surface area (Å²) >= 11 is 0. The van der Waals surface area contributed by atoms with Crippen molar-refractivity contribution in [1.29, 1.82) is 0 Å². The van der Waals surface area contributed by atoms with Crippen LogP contribution in [0.3, 0.4) is 0 Å². The molecule has 0 aliphatic heterocycles. The summed E-state index contributed by atoms with van der Waals surface area (Å²) in [5.74, 6) is -0.467. The zero-order chi connectivity index (χ0) is 19.3. The summed E-state index contributed by atoms with van der Waals surface area (Å²) in [6, 6.07) is 3.45. The van der Waals surface area contributed by atoms with E-state index in [1.165, 1.54) is 18.2 Å². The predicted molar refractivity (Wildman–Crippen MR) is 114 cm³/mol. The largest absolute Gasteiger partial charge is 0.354 e. The smallest absolute Gasteiger partial charge is 0.193 e. The van der Waals surface area contributed by atoms with E-state index in [1.54, 1.807) is 36.9 Å². The first kappa shape index (κ1) is 23.3. The number of nitrogens with zero attached hydrogens (tertiary/aromatic N) is 5. The van der Waals surface area contributed by atoms with Crippen LogP contribution in [0.5, 0.6) is 0 Å². The number of likely N-dealkylation sites (N-methyl/N-ethyl adjacent to an activating group) is 1. The number of guanidine groups is 1. The lowest BCUT2D eigenvalue weighted by molar-refractivity contribution is 0.280. The van der Waals surface area contributed by atoms with Crippen molar-refractivity contribution in [2.45, 2.75) is 12.6 Å². The number of hydrogen-bond donors (Lipinski definition) is 1. The Hall–Kier alpha value is -1.75. The van der Waals surface area contributed by atoms with Crippen LogP contribution in [0.2, 0.25) is 0 Å². The van der Waals surface area contributed by atoms with Gasteiger partial charge in [-0.05, 0) is 26.2 Å². The van der Waals surface area contributed by atoms with E-state index in [0.717, 1.165) is 5.56 Å². The number of nitrogens with one attached hydrogen (secondary N) is 1. The van der Waals surface area contributed by atoms with Crippen LogP contribution in [-0.4, -0.2) is 60.3 Å².